The summed E-state index contributed by atoms with van der Waals surface area (Å²) in [5, 5.41) is 15.0. The Morgan fingerprint density at radius 3 is 2.90 bits per heavy atom. The number of hydrogen-bond acceptors (Lipinski definition) is 5. The van der Waals surface area contributed by atoms with Crippen LogP contribution in [0, 0.1) is 16.0 Å². The molecule has 2 bridgehead atoms. The number of nitrogens with one attached hydrogen (secondary N) is 1. The number of aromatic nitrogens is 1. The number of nitro groups is 1. The van der Waals surface area contributed by atoms with E-state index in [1.807, 2.05) is 17.6 Å². The number of nitrogens with zero attached hydrogens (tertiary/aromatic N) is 3. The monoisotopic (exact) mass is 414 g/mol. The van der Waals surface area contributed by atoms with Crippen molar-refractivity contribution >= 4 is 28.7 Å². The van der Waals surface area contributed by atoms with Crippen LogP contribution in [0.1, 0.15) is 25.0 Å². The Bertz CT molecular complexity index is 1020. The number of thiocarbonyl (C=S) groups is 1. The van der Waals surface area contributed by atoms with Crippen LogP contribution in [0.5, 0.6) is 5.75 Å². The van der Waals surface area contributed by atoms with Crippen molar-refractivity contribution in [3.63, 3.8) is 0 Å². The van der Waals surface area contributed by atoms with Crippen LogP contribution >= 0.6 is 12.2 Å². The Labute approximate surface area is 173 Å². The van der Waals surface area contributed by atoms with E-state index in [1.165, 1.54) is 6.07 Å². The molecule has 3 heterocycles. The third kappa shape index (κ3) is 3.82. The molecule has 8 nitrogen and oxygen atoms in total. The maximum atomic E-state index is 12.2. The second-order valence-electron chi connectivity index (χ2n) is 7.40. The highest BCUT2D eigenvalue weighted by molar-refractivity contribution is 7.80. The van der Waals surface area contributed by atoms with Gasteiger partial charge in [-0.1, -0.05) is 6.07 Å². The number of benzene rings is 1. The van der Waals surface area contributed by atoms with E-state index in [9.17, 15) is 14.9 Å². The fourth-order valence-corrected chi connectivity index (χ4v) is 4.54. The number of nitro benzene ring substituents is 1. The maximum absolute atomic E-state index is 12.2. The number of piperidine rings is 1. The molecule has 2 atom stereocenters. The maximum Gasteiger partial charge on any atom is 0.296 e. The van der Waals surface area contributed by atoms with E-state index >= 15 is 0 Å². The number of anilines is 1. The summed E-state index contributed by atoms with van der Waals surface area (Å²) in [7, 11) is 0. The van der Waals surface area contributed by atoms with Crippen LogP contribution in [0.2, 0.25) is 0 Å². The molecule has 152 valence electrons. The van der Waals surface area contributed by atoms with E-state index in [1.54, 1.807) is 24.3 Å². The summed E-state index contributed by atoms with van der Waals surface area (Å²) in [6.45, 7) is 4.33. The number of rotatable bonds is 4. The summed E-state index contributed by atoms with van der Waals surface area (Å²) in [4.78, 5) is 25.3. The van der Waals surface area contributed by atoms with Crippen molar-refractivity contribution in [2.24, 2.45) is 5.92 Å². The second kappa shape index (κ2) is 7.82. The molecule has 2 aromatic rings. The van der Waals surface area contributed by atoms with Gasteiger partial charge in [0.1, 0.15) is 11.4 Å². The summed E-state index contributed by atoms with van der Waals surface area (Å²) >= 11 is 5.58. The standard InChI is InChI=1S/C20H22N4O4S/c1-2-28-15-6-7-16(18(9-15)24(26)27)21-20(29)22-10-13-8-14(12-22)17-4-3-5-19(25)23(17)11-13/h3-7,9,13-14H,2,8,10-12H2,1H3,(H,21,29)/t13?,14-/m0/s1. The molecule has 4 rings (SSSR count). The number of fused-ring (bicyclic) bond motifs is 4. The van der Waals surface area contributed by atoms with Crippen LogP contribution in [-0.2, 0) is 6.54 Å². The lowest BCUT2D eigenvalue weighted by molar-refractivity contribution is -0.384. The van der Waals surface area contributed by atoms with Gasteiger partial charge in [-0.25, -0.2) is 0 Å². The van der Waals surface area contributed by atoms with Crippen LogP contribution in [-0.4, -0.2) is 39.2 Å². The Balaban J connectivity index is 1.53. The summed E-state index contributed by atoms with van der Waals surface area (Å²) in [6, 6.07) is 10.1. The van der Waals surface area contributed by atoms with Crippen LogP contribution in [0.15, 0.2) is 41.2 Å². The number of hydrogen-bond donors (Lipinski definition) is 1. The molecule has 2 aliphatic heterocycles. The van der Waals surface area contributed by atoms with E-state index in [0.29, 0.717) is 48.7 Å². The van der Waals surface area contributed by atoms with Gasteiger partial charge in [0.25, 0.3) is 11.2 Å². The predicted molar refractivity (Wildman–Crippen MR) is 114 cm³/mol. The quantitative estimate of drug-likeness (QED) is 0.467. The van der Waals surface area contributed by atoms with Gasteiger partial charge in [-0.3, -0.25) is 14.9 Å². The molecule has 0 amide bonds. The minimum Gasteiger partial charge on any atom is -0.494 e. The SMILES string of the molecule is CCOc1ccc(NC(=S)N2CC3C[C@@H](C2)c2cccc(=O)n2C3)c([N+](=O)[O-])c1. The van der Waals surface area contributed by atoms with E-state index < -0.39 is 4.92 Å². The second-order valence-corrected chi connectivity index (χ2v) is 7.79. The Kier molecular flexibility index (Phi) is 5.23. The largest absolute Gasteiger partial charge is 0.494 e. The van der Waals surface area contributed by atoms with Crippen molar-refractivity contribution in [2.45, 2.75) is 25.8 Å². The molecule has 1 aromatic heterocycles. The van der Waals surface area contributed by atoms with Crippen molar-refractivity contribution < 1.29 is 9.66 Å². The van der Waals surface area contributed by atoms with Gasteiger partial charge in [-0.15, -0.1) is 0 Å². The Morgan fingerprint density at radius 2 is 2.14 bits per heavy atom. The van der Waals surface area contributed by atoms with Crippen molar-refractivity contribution in [1.29, 1.82) is 0 Å². The van der Waals surface area contributed by atoms with Crippen molar-refractivity contribution in [3.05, 3.63) is 62.6 Å². The first kappa shape index (κ1) is 19.4. The molecule has 0 radical (unpaired) electrons. The highest BCUT2D eigenvalue weighted by atomic mass is 32.1. The topological polar surface area (TPSA) is 89.6 Å². The molecule has 1 fully saturated rings. The Morgan fingerprint density at radius 1 is 1.31 bits per heavy atom. The van der Waals surface area contributed by atoms with Crippen LogP contribution in [0.25, 0.3) is 0 Å². The first-order chi connectivity index (χ1) is 14.0. The van der Waals surface area contributed by atoms with E-state index in [-0.39, 0.29) is 17.2 Å². The van der Waals surface area contributed by atoms with Gasteiger partial charge in [0.2, 0.25) is 0 Å². The molecule has 1 unspecified atom stereocenters. The zero-order valence-corrected chi connectivity index (χ0v) is 16.9. The predicted octanol–water partition coefficient (Wildman–Crippen LogP) is 2.97. The Hall–Kier alpha value is -2.94. The van der Waals surface area contributed by atoms with Crippen molar-refractivity contribution in [2.75, 3.05) is 25.0 Å². The molecular weight excluding hydrogens is 392 g/mol. The lowest BCUT2D eigenvalue weighted by Crippen LogP contribution is -2.50. The number of likely N-dealkylation sites (tertiary alicyclic amines) is 1. The number of pyridine rings is 1. The van der Waals surface area contributed by atoms with Gasteiger partial charge in [0.15, 0.2) is 5.11 Å². The molecule has 29 heavy (non-hydrogen) atoms. The third-order valence-electron chi connectivity index (χ3n) is 5.49. The van der Waals surface area contributed by atoms with Gasteiger partial charge in [0, 0.05) is 37.3 Å². The average Bonchev–Trinajstić information content (AvgIpc) is 2.70. The summed E-state index contributed by atoms with van der Waals surface area (Å²) < 4.78 is 7.23. The van der Waals surface area contributed by atoms with Gasteiger partial charge < -0.3 is 19.5 Å². The fourth-order valence-electron chi connectivity index (χ4n) is 4.28. The molecule has 9 heteroatoms. The van der Waals surface area contributed by atoms with E-state index in [4.69, 9.17) is 17.0 Å². The minimum atomic E-state index is -0.443. The van der Waals surface area contributed by atoms with E-state index in [2.05, 4.69) is 10.2 Å². The van der Waals surface area contributed by atoms with Gasteiger partial charge in [-0.05, 0) is 49.7 Å². The lowest BCUT2D eigenvalue weighted by Gasteiger charge is -2.43. The molecular formula is C20H22N4O4S. The van der Waals surface area contributed by atoms with Crippen molar-refractivity contribution in [3.8, 4) is 5.75 Å². The molecule has 0 aliphatic carbocycles. The van der Waals surface area contributed by atoms with Crippen LogP contribution in [0.3, 0.4) is 0 Å². The zero-order valence-electron chi connectivity index (χ0n) is 16.0. The molecule has 1 aromatic carbocycles. The van der Waals surface area contributed by atoms with Gasteiger partial charge >= 0.3 is 0 Å². The lowest BCUT2D eigenvalue weighted by atomic mass is 9.83. The van der Waals surface area contributed by atoms with Crippen molar-refractivity contribution in [1.82, 2.24) is 9.47 Å². The summed E-state index contributed by atoms with van der Waals surface area (Å²) in [6.07, 6.45) is 1.02. The molecule has 0 saturated carbocycles. The summed E-state index contributed by atoms with van der Waals surface area (Å²) in [5.41, 5.74) is 1.34. The molecule has 1 N–H and O–H groups in total. The highest BCUT2D eigenvalue weighted by Crippen LogP contribution is 2.36. The zero-order chi connectivity index (χ0) is 20.5. The van der Waals surface area contributed by atoms with Crippen LogP contribution < -0.4 is 15.6 Å². The smallest absolute Gasteiger partial charge is 0.296 e. The van der Waals surface area contributed by atoms with E-state index in [0.717, 1.165) is 12.1 Å². The van der Waals surface area contributed by atoms with Gasteiger partial charge in [-0.2, -0.15) is 0 Å². The molecule has 0 spiro atoms. The highest BCUT2D eigenvalue weighted by Gasteiger charge is 2.35. The first-order valence-electron chi connectivity index (χ1n) is 9.63. The first-order valence-corrected chi connectivity index (χ1v) is 10.0. The molecule has 2 aliphatic rings. The third-order valence-corrected chi connectivity index (χ3v) is 5.85. The van der Waals surface area contributed by atoms with Crippen LogP contribution in [0.4, 0.5) is 11.4 Å². The number of ether oxygens (including phenoxy) is 1. The average molecular weight is 414 g/mol. The minimum absolute atomic E-state index is 0.0383. The normalized spacial score (nSPS) is 20.0. The fraction of sp³-hybridized carbons (Fsp3) is 0.400. The molecule has 1 saturated heterocycles. The summed E-state index contributed by atoms with van der Waals surface area (Å²) in [5.74, 6) is 0.980. The van der Waals surface area contributed by atoms with Gasteiger partial charge in [0.05, 0.1) is 17.6 Å².